The van der Waals surface area contributed by atoms with Crippen LogP contribution in [0.4, 0.5) is 4.79 Å². The van der Waals surface area contributed by atoms with Gasteiger partial charge in [-0.05, 0) is 39.8 Å². The van der Waals surface area contributed by atoms with Gasteiger partial charge in [0.2, 0.25) is 11.8 Å². The number of carbonyl (C=O) groups excluding carboxylic acids is 3. The van der Waals surface area contributed by atoms with Crippen LogP contribution in [0.25, 0.3) is 23.2 Å². The number of ether oxygens (including phenoxy) is 2. The monoisotopic (exact) mass is 456 g/mol. The smallest absolute Gasteiger partial charge is 0.407 e. The number of oxazole rings is 2. The maximum Gasteiger partial charge on any atom is 0.407 e. The first-order valence-corrected chi connectivity index (χ1v) is 10.2. The lowest BCUT2D eigenvalue weighted by Crippen LogP contribution is -2.33. The normalized spacial score (nSPS) is 11.2. The highest BCUT2D eigenvalue weighted by Crippen LogP contribution is 2.26. The second-order valence-electron chi connectivity index (χ2n) is 7.79. The van der Waals surface area contributed by atoms with Crippen LogP contribution in [0.2, 0.25) is 0 Å². The molecule has 3 aromatic rings. The topological polar surface area (TPSA) is 147 Å². The molecule has 3 heterocycles. The maximum absolute atomic E-state index is 12.3. The third kappa shape index (κ3) is 6.25. The lowest BCUT2D eigenvalue weighted by atomic mass is 10.2. The van der Waals surface area contributed by atoms with Gasteiger partial charge < -0.3 is 23.6 Å². The molecule has 1 N–H and O–H groups in total. The Morgan fingerprint density at radius 2 is 1.91 bits per heavy atom. The number of rotatable bonds is 8. The van der Waals surface area contributed by atoms with E-state index in [1.165, 1.54) is 6.26 Å². The number of alkyl carbamates (subject to hydrolysis) is 1. The second kappa shape index (κ2) is 10.1. The van der Waals surface area contributed by atoms with Crippen molar-refractivity contribution in [2.75, 3.05) is 13.2 Å². The van der Waals surface area contributed by atoms with Gasteiger partial charge >= 0.3 is 12.1 Å². The van der Waals surface area contributed by atoms with Crippen molar-refractivity contribution in [3.8, 4) is 23.2 Å². The Morgan fingerprint density at radius 3 is 2.61 bits per heavy atom. The summed E-state index contributed by atoms with van der Waals surface area (Å²) in [6.07, 6.45) is 1.48. The number of aromatic nitrogens is 3. The van der Waals surface area contributed by atoms with Crippen LogP contribution in [-0.2, 0) is 15.9 Å². The molecule has 11 nitrogen and oxygen atoms in total. The fourth-order valence-electron chi connectivity index (χ4n) is 2.71. The molecule has 0 spiro atoms. The molecule has 0 bridgehead atoms. The lowest BCUT2D eigenvalue weighted by molar-refractivity contribution is 0.0516. The van der Waals surface area contributed by atoms with Gasteiger partial charge in [-0.15, -0.1) is 0 Å². The van der Waals surface area contributed by atoms with E-state index in [2.05, 4.69) is 20.3 Å². The summed E-state index contributed by atoms with van der Waals surface area (Å²) in [6.45, 7) is 7.24. The van der Waals surface area contributed by atoms with E-state index in [0.29, 0.717) is 12.0 Å². The van der Waals surface area contributed by atoms with Crippen molar-refractivity contribution in [3.05, 3.63) is 41.6 Å². The van der Waals surface area contributed by atoms with E-state index in [4.69, 9.17) is 18.3 Å². The summed E-state index contributed by atoms with van der Waals surface area (Å²) in [5.74, 6) is -0.265. The first-order valence-electron chi connectivity index (χ1n) is 10.2. The number of nitrogens with one attached hydrogen (secondary N) is 1. The van der Waals surface area contributed by atoms with Crippen LogP contribution in [-0.4, -0.2) is 52.1 Å². The highest BCUT2D eigenvalue weighted by Gasteiger charge is 2.24. The van der Waals surface area contributed by atoms with E-state index in [-0.39, 0.29) is 54.2 Å². The number of pyridine rings is 1. The summed E-state index contributed by atoms with van der Waals surface area (Å²) in [7, 11) is 0. The van der Waals surface area contributed by atoms with Gasteiger partial charge in [0.05, 0.1) is 6.61 Å². The Kier molecular flexibility index (Phi) is 7.21. The van der Waals surface area contributed by atoms with Crippen LogP contribution in [0.3, 0.4) is 0 Å². The fraction of sp³-hybridized carbons (Fsp3) is 0.364. The summed E-state index contributed by atoms with van der Waals surface area (Å²) in [5.41, 5.74) is 0.144. The molecule has 0 aromatic carbocycles. The minimum Gasteiger partial charge on any atom is -0.461 e. The molecule has 0 fully saturated rings. The van der Waals surface area contributed by atoms with Crippen LogP contribution < -0.4 is 5.32 Å². The molecule has 0 unspecified atom stereocenters. The van der Waals surface area contributed by atoms with Gasteiger partial charge in [-0.25, -0.2) is 24.5 Å². The van der Waals surface area contributed by atoms with Crippen LogP contribution in [0, 0.1) is 0 Å². The molecule has 11 heteroatoms. The van der Waals surface area contributed by atoms with Gasteiger partial charge in [-0.2, -0.15) is 0 Å². The number of amides is 1. The van der Waals surface area contributed by atoms with Crippen molar-refractivity contribution in [1.29, 1.82) is 0 Å². The zero-order valence-corrected chi connectivity index (χ0v) is 18.7. The van der Waals surface area contributed by atoms with Gasteiger partial charge in [0.25, 0.3) is 0 Å². The number of aldehydes is 1. The molecule has 33 heavy (non-hydrogen) atoms. The Hall–Kier alpha value is -4.02. The molecular formula is C22H24N4O7. The maximum atomic E-state index is 12.3. The number of hydrogen-bond acceptors (Lipinski definition) is 10. The zero-order chi connectivity index (χ0) is 24.0. The van der Waals surface area contributed by atoms with Gasteiger partial charge in [0.15, 0.2) is 17.7 Å². The molecule has 0 saturated carbocycles. The summed E-state index contributed by atoms with van der Waals surface area (Å²) in [5, 5.41) is 2.60. The first kappa shape index (κ1) is 23.6. The van der Waals surface area contributed by atoms with E-state index in [1.807, 2.05) is 0 Å². The second-order valence-corrected chi connectivity index (χ2v) is 7.79. The standard InChI is InChI=1S/C22H24N4O7/c1-5-30-20(28)17-16(9-10-23-21(29)33-22(2,3)4)32-19(26-17)15-12-31-18(25-15)14-8-6-7-13(11-27)24-14/h6-8,11-12H,5,9-10H2,1-4H3,(H,23,29). The molecule has 0 saturated heterocycles. The predicted octanol–water partition coefficient (Wildman–Crippen LogP) is 3.45. The number of hydrogen-bond donors (Lipinski definition) is 1. The number of esters is 1. The van der Waals surface area contributed by atoms with Crippen molar-refractivity contribution in [1.82, 2.24) is 20.3 Å². The SMILES string of the molecule is CCOC(=O)c1nc(-c2coc(-c3cccc(C=O)n3)n2)oc1CCNC(=O)OC(C)(C)C. The van der Waals surface area contributed by atoms with Crippen molar-refractivity contribution in [2.45, 2.75) is 39.7 Å². The van der Waals surface area contributed by atoms with Crippen LogP contribution in [0.1, 0.15) is 54.4 Å². The zero-order valence-electron chi connectivity index (χ0n) is 18.7. The summed E-state index contributed by atoms with van der Waals surface area (Å²) in [4.78, 5) is 47.8. The molecular weight excluding hydrogens is 432 g/mol. The average molecular weight is 456 g/mol. The summed E-state index contributed by atoms with van der Waals surface area (Å²) in [6, 6.07) is 4.84. The molecule has 0 radical (unpaired) electrons. The van der Waals surface area contributed by atoms with E-state index in [9.17, 15) is 14.4 Å². The third-order valence-corrected chi connectivity index (χ3v) is 4.02. The van der Waals surface area contributed by atoms with Gasteiger partial charge in [0, 0.05) is 13.0 Å². The molecule has 3 aromatic heterocycles. The summed E-state index contributed by atoms with van der Waals surface area (Å²) >= 11 is 0. The minimum atomic E-state index is -0.663. The van der Waals surface area contributed by atoms with E-state index in [0.717, 1.165) is 0 Å². The minimum absolute atomic E-state index is 0.0246. The molecule has 0 atom stereocenters. The van der Waals surface area contributed by atoms with E-state index < -0.39 is 17.7 Å². The quantitative estimate of drug-likeness (QED) is 0.395. The van der Waals surface area contributed by atoms with Crippen LogP contribution in [0.15, 0.2) is 33.3 Å². The Balaban J connectivity index is 1.80. The predicted molar refractivity (Wildman–Crippen MR) is 115 cm³/mol. The number of nitrogens with zero attached hydrogens (tertiary/aromatic N) is 3. The highest BCUT2D eigenvalue weighted by molar-refractivity contribution is 5.89. The van der Waals surface area contributed by atoms with E-state index >= 15 is 0 Å². The van der Waals surface area contributed by atoms with Crippen LogP contribution in [0.5, 0.6) is 0 Å². The average Bonchev–Trinajstić information content (AvgIpc) is 3.40. The summed E-state index contributed by atoms with van der Waals surface area (Å²) < 4.78 is 21.4. The molecule has 0 aliphatic heterocycles. The largest absolute Gasteiger partial charge is 0.461 e. The Labute approximate surface area is 189 Å². The molecule has 0 aliphatic rings. The molecule has 174 valence electrons. The van der Waals surface area contributed by atoms with Crippen molar-refractivity contribution >= 4 is 18.3 Å². The third-order valence-electron chi connectivity index (χ3n) is 4.02. The first-order chi connectivity index (χ1) is 15.7. The Morgan fingerprint density at radius 1 is 1.12 bits per heavy atom. The van der Waals surface area contributed by atoms with Gasteiger partial charge in [0.1, 0.15) is 29.0 Å². The fourth-order valence-corrected chi connectivity index (χ4v) is 2.71. The number of carbonyl (C=O) groups is 3. The van der Waals surface area contributed by atoms with Crippen LogP contribution >= 0.6 is 0 Å². The van der Waals surface area contributed by atoms with E-state index in [1.54, 1.807) is 45.9 Å². The highest BCUT2D eigenvalue weighted by atomic mass is 16.6. The van der Waals surface area contributed by atoms with Crippen molar-refractivity contribution < 1.29 is 32.7 Å². The molecule has 1 amide bonds. The Bertz CT molecular complexity index is 1140. The van der Waals surface area contributed by atoms with Gasteiger partial charge in [-0.1, -0.05) is 6.07 Å². The molecule has 0 aliphatic carbocycles. The van der Waals surface area contributed by atoms with Gasteiger partial charge in [-0.3, -0.25) is 4.79 Å². The lowest BCUT2D eigenvalue weighted by Gasteiger charge is -2.19. The van der Waals surface area contributed by atoms with Crippen molar-refractivity contribution in [3.63, 3.8) is 0 Å². The van der Waals surface area contributed by atoms with Crippen molar-refractivity contribution in [2.24, 2.45) is 0 Å². The molecule has 3 rings (SSSR count).